The number of hydrogen-bond donors (Lipinski definition) is 1. The van der Waals surface area contributed by atoms with Gasteiger partial charge in [0.25, 0.3) is 0 Å². The Morgan fingerprint density at radius 3 is 2.72 bits per heavy atom. The Kier molecular flexibility index (Phi) is 4.22. The summed E-state index contributed by atoms with van der Waals surface area (Å²) >= 11 is 7.43. The zero-order valence-corrected chi connectivity index (χ0v) is 10.9. The number of carboxylic acid groups (broad SMARTS) is 1. The molecule has 1 N–H and O–H groups in total. The highest BCUT2D eigenvalue weighted by Crippen LogP contribution is 2.20. The van der Waals surface area contributed by atoms with Gasteiger partial charge in [-0.25, -0.2) is 4.79 Å². The summed E-state index contributed by atoms with van der Waals surface area (Å²) in [5.74, 6) is -0.282. The number of thioether (sulfide) groups is 1. The molecule has 94 valence electrons. The summed E-state index contributed by atoms with van der Waals surface area (Å²) in [7, 11) is 0. The molecule has 0 spiro atoms. The molecular formula is C11H10ClN3O2S. The first-order valence-electron chi connectivity index (χ1n) is 5.17. The molecule has 5 nitrogen and oxygen atoms in total. The summed E-state index contributed by atoms with van der Waals surface area (Å²) in [6.45, 7) is 0.605. The van der Waals surface area contributed by atoms with Crippen LogP contribution in [0, 0.1) is 0 Å². The largest absolute Gasteiger partial charge is 0.476 e. The van der Waals surface area contributed by atoms with Crippen LogP contribution in [-0.2, 0) is 6.54 Å². The van der Waals surface area contributed by atoms with Gasteiger partial charge < -0.3 is 5.11 Å². The fraction of sp³-hybridized carbons (Fsp3) is 0.182. The van der Waals surface area contributed by atoms with Gasteiger partial charge in [-0.05, 0) is 24.3 Å². The van der Waals surface area contributed by atoms with E-state index >= 15 is 0 Å². The molecule has 1 aromatic heterocycles. The number of carbonyl (C=O) groups is 1. The Balaban J connectivity index is 1.84. The van der Waals surface area contributed by atoms with E-state index in [-0.39, 0.29) is 5.69 Å². The number of halogens is 1. The van der Waals surface area contributed by atoms with Crippen LogP contribution in [0.4, 0.5) is 0 Å². The minimum absolute atomic E-state index is 0.0357. The van der Waals surface area contributed by atoms with Gasteiger partial charge in [-0.15, -0.1) is 16.9 Å². The van der Waals surface area contributed by atoms with Crippen LogP contribution >= 0.6 is 23.4 Å². The van der Waals surface area contributed by atoms with Crippen LogP contribution in [0.25, 0.3) is 0 Å². The van der Waals surface area contributed by atoms with Crippen molar-refractivity contribution >= 4 is 29.3 Å². The molecule has 0 saturated carbocycles. The summed E-state index contributed by atoms with van der Waals surface area (Å²) in [5, 5.41) is 16.7. The molecule has 0 amide bonds. The molecule has 0 aliphatic heterocycles. The molecule has 0 fully saturated rings. The molecule has 0 atom stereocenters. The van der Waals surface area contributed by atoms with Crippen molar-refractivity contribution in [1.82, 2.24) is 15.0 Å². The zero-order chi connectivity index (χ0) is 13.0. The average Bonchev–Trinajstić information content (AvgIpc) is 2.81. The van der Waals surface area contributed by atoms with E-state index in [1.165, 1.54) is 10.9 Å². The van der Waals surface area contributed by atoms with E-state index in [1.54, 1.807) is 11.8 Å². The monoisotopic (exact) mass is 283 g/mol. The van der Waals surface area contributed by atoms with Gasteiger partial charge in [-0.2, -0.15) is 0 Å². The number of aromatic nitrogens is 3. The summed E-state index contributed by atoms with van der Waals surface area (Å²) in [5.41, 5.74) is -0.0357. The van der Waals surface area contributed by atoms with Crippen LogP contribution in [0.5, 0.6) is 0 Å². The van der Waals surface area contributed by atoms with Gasteiger partial charge in [-0.3, -0.25) is 4.68 Å². The van der Waals surface area contributed by atoms with Gasteiger partial charge in [-0.1, -0.05) is 16.8 Å². The van der Waals surface area contributed by atoms with Crippen LogP contribution in [0.15, 0.2) is 35.4 Å². The number of benzene rings is 1. The number of rotatable bonds is 5. The van der Waals surface area contributed by atoms with Gasteiger partial charge in [0.2, 0.25) is 0 Å². The van der Waals surface area contributed by atoms with E-state index in [1.807, 2.05) is 24.3 Å². The summed E-state index contributed by atoms with van der Waals surface area (Å²) in [6, 6.07) is 7.55. The molecule has 1 aromatic carbocycles. The second kappa shape index (κ2) is 5.88. The van der Waals surface area contributed by atoms with E-state index in [4.69, 9.17) is 16.7 Å². The van der Waals surface area contributed by atoms with Crippen molar-refractivity contribution in [2.75, 3.05) is 5.75 Å². The third-order valence-corrected chi connectivity index (χ3v) is 3.40. The van der Waals surface area contributed by atoms with Crippen molar-refractivity contribution in [3.63, 3.8) is 0 Å². The normalized spacial score (nSPS) is 10.5. The van der Waals surface area contributed by atoms with Gasteiger partial charge in [0.15, 0.2) is 5.69 Å². The maximum atomic E-state index is 10.6. The summed E-state index contributed by atoms with van der Waals surface area (Å²) in [4.78, 5) is 11.7. The van der Waals surface area contributed by atoms with E-state index in [9.17, 15) is 4.79 Å². The molecular weight excluding hydrogens is 274 g/mol. The Morgan fingerprint density at radius 1 is 1.39 bits per heavy atom. The highest BCUT2D eigenvalue weighted by atomic mass is 35.5. The number of nitrogens with zero attached hydrogens (tertiary/aromatic N) is 3. The molecule has 2 rings (SSSR count). The molecule has 7 heteroatoms. The third-order valence-electron chi connectivity index (χ3n) is 2.16. The zero-order valence-electron chi connectivity index (χ0n) is 9.28. The van der Waals surface area contributed by atoms with Crippen LogP contribution in [0.2, 0.25) is 5.02 Å². The minimum Gasteiger partial charge on any atom is -0.476 e. The van der Waals surface area contributed by atoms with Gasteiger partial charge in [0, 0.05) is 15.7 Å². The Hall–Kier alpha value is -1.53. The lowest BCUT2D eigenvalue weighted by Crippen LogP contribution is -2.01. The number of hydrogen-bond acceptors (Lipinski definition) is 4. The highest BCUT2D eigenvalue weighted by Gasteiger charge is 2.07. The smallest absolute Gasteiger partial charge is 0.358 e. The van der Waals surface area contributed by atoms with Gasteiger partial charge in [0.1, 0.15) is 0 Å². The van der Waals surface area contributed by atoms with E-state index in [0.717, 1.165) is 10.6 Å². The molecule has 0 unspecified atom stereocenters. The third kappa shape index (κ3) is 3.48. The van der Waals surface area contributed by atoms with Crippen LogP contribution in [0.1, 0.15) is 10.5 Å². The summed E-state index contributed by atoms with van der Waals surface area (Å²) < 4.78 is 1.52. The Morgan fingerprint density at radius 2 is 2.11 bits per heavy atom. The first-order valence-corrected chi connectivity index (χ1v) is 6.53. The quantitative estimate of drug-likeness (QED) is 0.854. The first-order chi connectivity index (χ1) is 8.65. The first kappa shape index (κ1) is 12.9. The van der Waals surface area contributed by atoms with Crippen molar-refractivity contribution in [1.29, 1.82) is 0 Å². The molecule has 2 aromatic rings. The molecule has 0 bridgehead atoms. The molecule has 0 aliphatic carbocycles. The van der Waals surface area contributed by atoms with Crippen LogP contribution < -0.4 is 0 Å². The second-order valence-corrected chi connectivity index (χ2v) is 5.08. The number of aromatic carboxylic acids is 1. The lowest BCUT2D eigenvalue weighted by molar-refractivity contribution is 0.0690. The maximum absolute atomic E-state index is 10.6. The maximum Gasteiger partial charge on any atom is 0.358 e. The number of aryl methyl sites for hydroxylation is 1. The van der Waals surface area contributed by atoms with Crippen LogP contribution in [0.3, 0.4) is 0 Å². The van der Waals surface area contributed by atoms with Crippen molar-refractivity contribution in [2.24, 2.45) is 0 Å². The average molecular weight is 284 g/mol. The van der Waals surface area contributed by atoms with E-state index < -0.39 is 5.97 Å². The molecule has 18 heavy (non-hydrogen) atoms. The molecule has 0 aliphatic rings. The van der Waals surface area contributed by atoms with Crippen LogP contribution in [-0.4, -0.2) is 31.8 Å². The summed E-state index contributed by atoms with van der Waals surface area (Å²) in [6.07, 6.45) is 1.42. The predicted octanol–water partition coefficient (Wildman–Crippen LogP) is 2.42. The van der Waals surface area contributed by atoms with E-state index in [2.05, 4.69) is 10.3 Å². The van der Waals surface area contributed by atoms with E-state index in [0.29, 0.717) is 11.6 Å². The Bertz CT molecular complexity index is 541. The molecule has 0 saturated heterocycles. The van der Waals surface area contributed by atoms with Gasteiger partial charge >= 0.3 is 5.97 Å². The Labute approximate surface area is 113 Å². The van der Waals surface area contributed by atoms with Crippen molar-refractivity contribution in [3.05, 3.63) is 41.2 Å². The van der Waals surface area contributed by atoms with Crippen molar-refractivity contribution in [3.8, 4) is 0 Å². The van der Waals surface area contributed by atoms with Crippen molar-refractivity contribution < 1.29 is 9.90 Å². The lowest BCUT2D eigenvalue weighted by atomic mass is 10.4. The fourth-order valence-corrected chi connectivity index (χ4v) is 2.26. The highest BCUT2D eigenvalue weighted by molar-refractivity contribution is 7.99. The SMILES string of the molecule is O=C(O)c1cn(CCSc2ccc(Cl)cc2)nn1. The standard InChI is InChI=1S/C11H10ClN3O2S/c12-8-1-3-9(4-2-8)18-6-5-15-7-10(11(16)17)13-14-15/h1-4,7H,5-6H2,(H,16,17). The lowest BCUT2D eigenvalue weighted by Gasteiger charge is -2.01. The predicted molar refractivity (Wildman–Crippen MR) is 69.2 cm³/mol. The van der Waals surface area contributed by atoms with Gasteiger partial charge in [0.05, 0.1) is 12.7 Å². The van der Waals surface area contributed by atoms with Crippen molar-refractivity contribution in [2.45, 2.75) is 11.4 Å². The topological polar surface area (TPSA) is 68.0 Å². The second-order valence-electron chi connectivity index (χ2n) is 3.47. The molecule has 1 heterocycles. The molecule has 0 radical (unpaired) electrons. The minimum atomic E-state index is -1.06. The number of carboxylic acids is 1. The fourth-order valence-electron chi connectivity index (χ4n) is 1.29.